The summed E-state index contributed by atoms with van der Waals surface area (Å²) >= 11 is 0. The molecule has 1 N–H and O–H groups in total. The van der Waals surface area contributed by atoms with Crippen LogP contribution in [0.5, 0.6) is 0 Å². The van der Waals surface area contributed by atoms with E-state index in [-0.39, 0.29) is 11.9 Å². The first-order chi connectivity index (χ1) is 9.74. The van der Waals surface area contributed by atoms with Crippen LogP contribution in [0.4, 0.5) is 0 Å². The zero-order valence-corrected chi connectivity index (χ0v) is 12.8. The van der Waals surface area contributed by atoms with Crippen LogP contribution in [0, 0.1) is 0 Å². The maximum absolute atomic E-state index is 12.1. The molecule has 1 saturated carbocycles. The van der Waals surface area contributed by atoms with Crippen molar-refractivity contribution in [3.05, 3.63) is 0 Å². The summed E-state index contributed by atoms with van der Waals surface area (Å²) in [5.41, 5.74) is 0. The number of amides is 1. The van der Waals surface area contributed by atoms with Gasteiger partial charge in [0.1, 0.15) is 0 Å². The molecule has 1 aliphatic carbocycles. The number of nitrogens with one attached hydrogen (secondary N) is 1. The fraction of sp³-hybridized carbons (Fsp3) is 0.938. The Morgan fingerprint density at radius 1 is 1.00 bits per heavy atom. The van der Waals surface area contributed by atoms with Gasteiger partial charge < -0.3 is 10.2 Å². The molecular weight excluding hydrogens is 250 g/mol. The Morgan fingerprint density at radius 3 is 2.25 bits per heavy atom. The summed E-state index contributed by atoms with van der Waals surface area (Å²) in [6.45, 7) is 6.82. The zero-order chi connectivity index (χ0) is 13.9. The molecule has 2 aliphatic heterocycles. The molecule has 0 spiro atoms. The Balaban J connectivity index is 1.43. The predicted octanol–water partition coefficient (Wildman–Crippen LogP) is 1.60. The lowest BCUT2D eigenvalue weighted by atomic mass is 9.99. The SMILES string of the molecule is CC(C(=O)NC1CC1)N1CCC(N2CCCCC2)CC1. The van der Waals surface area contributed by atoms with Gasteiger partial charge in [-0.15, -0.1) is 0 Å². The summed E-state index contributed by atoms with van der Waals surface area (Å²) in [6.07, 6.45) is 8.99. The van der Waals surface area contributed by atoms with Crippen LogP contribution >= 0.6 is 0 Å². The molecule has 3 fully saturated rings. The van der Waals surface area contributed by atoms with Gasteiger partial charge in [-0.2, -0.15) is 0 Å². The number of hydrogen-bond donors (Lipinski definition) is 1. The van der Waals surface area contributed by atoms with Crippen molar-refractivity contribution in [3.8, 4) is 0 Å². The highest BCUT2D eigenvalue weighted by molar-refractivity contribution is 5.81. The van der Waals surface area contributed by atoms with E-state index in [0.29, 0.717) is 6.04 Å². The normalized spacial score (nSPS) is 28.2. The summed E-state index contributed by atoms with van der Waals surface area (Å²) in [4.78, 5) is 17.2. The minimum absolute atomic E-state index is 0.0536. The van der Waals surface area contributed by atoms with Gasteiger partial charge in [-0.05, 0) is 58.5 Å². The highest BCUT2D eigenvalue weighted by atomic mass is 16.2. The number of piperidine rings is 2. The van der Waals surface area contributed by atoms with Crippen LogP contribution < -0.4 is 5.32 Å². The molecule has 3 rings (SSSR count). The summed E-state index contributed by atoms with van der Waals surface area (Å²) in [6, 6.07) is 1.30. The highest BCUT2D eigenvalue weighted by Gasteiger charge is 2.32. The van der Waals surface area contributed by atoms with Gasteiger partial charge in [-0.3, -0.25) is 9.69 Å². The number of carbonyl (C=O) groups excluding carboxylic acids is 1. The molecule has 1 unspecified atom stereocenters. The average Bonchev–Trinajstić information content (AvgIpc) is 3.31. The molecule has 0 aromatic rings. The van der Waals surface area contributed by atoms with Crippen LogP contribution in [-0.2, 0) is 4.79 Å². The molecule has 4 heteroatoms. The third-order valence-corrected chi connectivity index (χ3v) is 5.26. The van der Waals surface area contributed by atoms with Crippen LogP contribution in [0.3, 0.4) is 0 Å². The molecule has 0 aromatic carbocycles. The van der Waals surface area contributed by atoms with E-state index in [0.717, 1.165) is 19.1 Å². The number of carbonyl (C=O) groups is 1. The standard InChI is InChI=1S/C16H29N3O/c1-13(16(20)17-14-5-6-14)18-11-7-15(8-12-18)19-9-3-2-4-10-19/h13-15H,2-12H2,1H3,(H,17,20). The van der Waals surface area contributed by atoms with Crippen molar-refractivity contribution in [1.82, 2.24) is 15.1 Å². The van der Waals surface area contributed by atoms with E-state index < -0.39 is 0 Å². The second-order valence-corrected chi connectivity index (χ2v) is 6.82. The molecular formula is C16H29N3O. The monoisotopic (exact) mass is 279 g/mol. The smallest absolute Gasteiger partial charge is 0.237 e. The molecule has 20 heavy (non-hydrogen) atoms. The Kier molecular flexibility index (Phi) is 4.61. The third-order valence-electron chi connectivity index (χ3n) is 5.26. The Bertz CT molecular complexity index is 329. The van der Waals surface area contributed by atoms with E-state index in [1.54, 1.807) is 0 Å². The molecule has 3 aliphatic rings. The molecule has 0 aromatic heterocycles. The maximum Gasteiger partial charge on any atom is 0.237 e. The topological polar surface area (TPSA) is 35.6 Å². The molecule has 2 saturated heterocycles. The van der Waals surface area contributed by atoms with Gasteiger partial charge in [0.25, 0.3) is 0 Å². The van der Waals surface area contributed by atoms with Crippen molar-refractivity contribution in [2.75, 3.05) is 26.2 Å². The third kappa shape index (κ3) is 3.53. The Hall–Kier alpha value is -0.610. The first-order valence-electron chi connectivity index (χ1n) is 8.52. The first kappa shape index (κ1) is 14.3. The minimum Gasteiger partial charge on any atom is -0.352 e. The second-order valence-electron chi connectivity index (χ2n) is 6.82. The fourth-order valence-corrected chi connectivity index (χ4v) is 3.64. The quantitative estimate of drug-likeness (QED) is 0.849. The summed E-state index contributed by atoms with van der Waals surface area (Å²) in [5.74, 6) is 0.240. The van der Waals surface area contributed by atoms with E-state index in [9.17, 15) is 4.79 Å². The lowest BCUT2D eigenvalue weighted by Crippen LogP contribution is -2.52. The summed E-state index contributed by atoms with van der Waals surface area (Å²) in [7, 11) is 0. The van der Waals surface area contributed by atoms with E-state index in [1.807, 2.05) is 0 Å². The average molecular weight is 279 g/mol. The van der Waals surface area contributed by atoms with Crippen molar-refractivity contribution in [1.29, 1.82) is 0 Å². The van der Waals surface area contributed by atoms with Gasteiger partial charge in [-0.1, -0.05) is 6.42 Å². The second kappa shape index (κ2) is 6.44. The first-order valence-corrected chi connectivity index (χ1v) is 8.52. The van der Waals surface area contributed by atoms with E-state index >= 15 is 0 Å². The van der Waals surface area contributed by atoms with Crippen molar-refractivity contribution in [2.24, 2.45) is 0 Å². The van der Waals surface area contributed by atoms with Gasteiger partial charge in [0.15, 0.2) is 0 Å². The Morgan fingerprint density at radius 2 is 1.65 bits per heavy atom. The van der Waals surface area contributed by atoms with Crippen molar-refractivity contribution in [3.63, 3.8) is 0 Å². The van der Waals surface area contributed by atoms with Gasteiger partial charge in [0.2, 0.25) is 5.91 Å². The number of hydrogen-bond acceptors (Lipinski definition) is 3. The number of likely N-dealkylation sites (tertiary alicyclic amines) is 2. The van der Waals surface area contributed by atoms with Crippen molar-refractivity contribution in [2.45, 2.75) is 70.0 Å². The highest BCUT2D eigenvalue weighted by Crippen LogP contribution is 2.23. The zero-order valence-electron chi connectivity index (χ0n) is 12.8. The molecule has 0 bridgehead atoms. The largest absolute Gasteiger partial charge is 0.352 e. The van der Waals surface area contributed by atoms with Gasteiger partial charge in [0, 0.05) is 25.2 Å². The van der Waals surface area contributed by atoms with Crippen LogP contribution in [0.25, 0.3) is 0 Å². The van der Waals surface area contributed by atoms with Gasteiger partial charge in [-0.25, -0.2) is 0 Å². The predicted molar refractivity (Wildman–Crippen MR) is 80.6 cm³/mol. The van der Waals surface area contributed by atoms with E-state index in [1.165, 1.54) is 58.0 Å². The maximum atomic E-state index is 12.1. The number of rotatable bonds is 4. The minimum atomic E-state index is 0.0536. The van der Waals surface area contributed by atoms with Crippen LogP contribution in [0.2, 0.25) is 0 Å². The van der Waals surface area contributed by atoms with Crippen molar-refractivity contribution < 1.29 is 4.79 Å². The molecule has 2 heterocycles. The van der Waals surface area contributed by atoms with Crippen LogP contribution in [-0.4, -0.2) is 60.0 Å². The number of nitrogens with zero attached hydrogens (tertiary/aromatic N) is 2. The Labute approximate surface area is 122 Å². The molecule has 1 atom stereocenters. The lowest BCUT2D eigenvalue weighted by Gasteiger charge is -2.41. The lowest BCUT2D eigenvalue weighted by molar-refractivity contribution is -0.126. The van der Waals surface area contributed by atoms with E-state index in [4.69, 9.17) is 0 Å². The summed E-state index contributed by atoms with van der Waals surface area (Å²) in [5, 5.41) is 3.13. The van der Waals surface area contributed by atoms with E-state index in [2.05, 4.69) is 22.0 Å². The fourth-order valence-electron chi connectivity index (χ4n) is 3.64. The van der Waals surface area contributed by atoms with Crippen LogP contribution in [0.15, 0.2) is 0 Å². The molecule has 1 amide bonds. The molecule has 114 valence electrons. The van der Waals surface area contributed by atoms with Gasteiger partial charge in [0.05, 0.1) is 6.04 Å². The van der Waals surface area contributed by atoms with Crippen LogP contribution in [0.1, 0.15) is 51.9 Å². The molecule has 0 radical (unpaired) electrons. The summed E-state index contributed by atoms with van der Waals surface area (Å²) < 4.78 is 0. The molecule has 4 nitrogen and oxygen atoms in total. The van der Waals surface area contributed by atoms with Gasteiger partial charge >= 0.3 is 0 Å². The van der Waals surface area contributed by atoms with Crippen molar-refractivity contribution >= 4 is 5.91 Å².